The average Bonchev–Trinajstić information content (AvgIpc) is 1.96. The molecule has 0 spiro atoms. The molecule has 1 saturated heterocycles. The summed E-state index contributed by atoms with van der Waals surface area (Å²) >= 11 is 0. The minimum Gasteiger partial charge on any atom is -0.380 e. The van der Waals surface area contributed by atoms with Crippen molar-refractivity contribution in [2.75, 3.05) is 19.8 Å². The quantitative estimate of drug-likeness (QED) is 0.569. The molecule has 1 amide bonds. The van der Waals surface area contributed by atoms with Gasteiger partial charge in [-0.3, -0.25) is 4.79 Å². The first-order valence-electron chi connectivity index (χ1n) is 3.36. The van der Waals surface area contributed by atoms with E-state index in [1.807, 2.05) is 0 Å². The third-order valence-corrected chi connectivity index (χ3v) is 1.88. The van der Waals surface area contributed by atoms with Crippen molar-refractivity contribution < 1.29 is 9.53 Å². The van der Waals surface area contributed by atoms with Crippen LogP contribution in [0.25, 0.3) is 0 Å². The van der Waals surface area contributed by atoms with Gasteiger partial charge in [0.25, 0.3) is 5.91 Å². The van der Waals surface area contributed by atoms with E-state index >= 15 is 0 Å². The predicted molar refractivity (Wildman–Crippen MR) is 37.7 cm³/mol. The van der Waals surface area contributed by atoms with Gasteiger partial charge < -0.3 is 10.5 Å². The molecule has 0 radical (unpaired) electrons. The summed E-state index contributed by atoms with van der Waals surface area (Å²) in [4.78, 5) is 20.3. The lowest BCUT2D eigenvalue weighted by atomic mass is 9.82. The van der Waals surface area contributed by atoms with Crippen LogP contribution in [0.3, 0.4) is 0 Å². The smallest absolute Gasteiger partial charge is 0.287 e. The van der Waals surface area contributed by atoms with Crippen LogP contribution in [0.5, 0.6) is 0 Å². The number of hydrogen-bond acceptors (Lipinski definition) is 4. The number of nitroso groups, excluding NO2 is 1. The maximum absolute atomic E-state index is 10.6. The molecule has 11 heavy (non-hydrogen) atoms. The van der Waals surface area contributed by atoms with Crippen molar-refractivity contribution in [3.8, 4) is 0 Å². The zero-order valence-electron chi connectivity index (χ0n) is 6.08. The number of hydrogen-bond donors (Lipinski definition) is 1. The van der Waals surface area contributed by atoms with E-state index in [4.69, 9.17) is 10.5 Å². The Hall–Kier alpha value is -0.810. The van der Waals surface area contributed by atoms with Crippen LogP contribution < -0.4 is 5.73 Å². The summed E-state index contributed by atoms with van der Waals surface area (Å²) in [7, 11) is 0. The van der Waals surface area contributed by atoms with Crippen LogP contribution in [0.2, 0.25) is 0 Å². The summed E-state index contributed by atoms with van der Waals surface area (Å²) in [5.74, 6) is -0.640. The normalized spacial score (nSPS) is 20.5. The molecule has 1 aliphatic heterocycles. The van der Waals surface area contributed by atoms with Gasteiger partial charge in [0.1, 0.15) is 0 Å². The highest BCUT2D eigenvalue weighted by Crippen LogP contribution is 2.30. The molecule has 0 aromatic carbocycles. The van der Waals surface area contributed by atoms with Crippen LogP contribution in [-0.2, 0) is 9.53 Å². The Balaban J connectivity index is 2.44. The second kappa shape index (κ2) is 3.06. The number of rotatable bonds is 3. The van der Waals surface area contributed by atoms with E-state index in [9.17, 15) is 9.70 Å². The van der Waals surface area contributed by atoms with E-state index in [2.05, 4.69) is 5.18 Å². The van der Waals surface area contributed by atoms with E-state index < -0.39 is 5.91 Å². The highest BCUT2D eigenvalue weighted by molar-refractivity contribution is 5.77. The van der Waals surface area contributed by atoms with Crippen LogP contribution in [0.1, 0.15) is 6.42 Å². The molecule has 0 atom stereocenters. The third-order valence-electron chi connectivity index (χ3n) is 1.88. The number of ether oxygens (including phenoxy) is 1. The highest BCUT2D eigenvalue weighted by atomic mass is 16.5. The number of nitrogens with two attached hydrogens (primary N) is 1. The van der Waals surface area contributed by atoms with Crippen LogP contribution in [-0.4, -0.2) is 25.7 Å². The van der Waals surface area contributed by atoms with E-state index in [0.717, 1.165) is 0 Å². The predicted octanol–water partition coefficient (Wildman–Crippen LogP) is -0.355. The summed E-state index contributed by atoms with van der Waals surface area (Å²) < 4.78 is 4.90. The summed E-state index contributed by atoms with van der Waals surface area (Å²) in [5, 5.41) is 2.30. The zero-order chi connectivity index (χ0) is 8.32. The number of nitrogens with zero attached hydrogens (tertiary/aromatic N) is 1. The monoisotopic (exact) mass is 158 g/mol. The molecule has 0 unspecified atom stereocenters. The van der Waals surface area contributed by atoms with Crippen molar-refractivity contribution in [1.29, 1.82) is 0 Å². The van der Waals surface area contributed by atoms with Crippen molar-refractivity contribution in [2.24, 2.45) is 16.3 Å². The van der Waals surface area contributed by atoms with Gasteiger partial charge in [-0.15, -0.1) is 4.91 Å². The van der Waals surface area contributed by atoms with Crippen LogP contribution >= 0.6 is 0 Å². The molecule has 1 fully saturated rings. The fourth-order valence-electron chi connectivity index (χ4n) is 1.04. The molecule has 0 saturated carbocycles. The fourth-order valence-corrected chi connectivity index (χ4v) is 1.04. The standard InChI is InChI=1S/C6H10N2O3/c7-2-6(3-11-4-6)1-5(9)8-10/h1-4,7H2. The van der Waals surface area contributed by atoms with Crippen molar-refractivity contribution >= 4 is 5.91 Å². The van der Waals surface area contributed by atoms with E-state index in [-0.39, 0.29) is 11.8 Å². The maximum Gasteiger partial charge on any atom is 0.287 e. The lowest BCUT2D eigenvalue weighted by Crippen LogP contribution is -2.49. The molecule has 5 nitrogen and oxygen atoms in total. The first-order chi connectivity index (χ1) is 5.22. The number of carbonyl (C=O) groups excluding carboxylic acids is 1. The van der Waals surface area contributed by atoms with Gasteiger partial charge in [-0.25, -0.2) is 0 Å². The summed E-state index contributed by atoms with van der Waals surface area (Å²) in [6, 6.07) is 0. The van der Waals surface area contributed by atoms with E-state index in [1.54, 1.807) is 0 Å². The Kier molecular flexibility index (Phi) is 2.31. The Morgan fingerprint density at radius 2 is 2.27 bits per heavy atom. The van der Waals surface area contributed by atoms with Gasteiger partial charge in [0, 0.05) is 23.6 Å². The lowest BCUT2D eigenvalue weighted by Gasteiger charge is -2.39. The molecule has 2 N–H and O–H groups in total. The van der Waals surface area contributed by atoms with Crippen LogP contribution in [0.4, 0.5) is 0 Å². The molecule has 1 aliphatic rings. The van der Waals surface area contributed by atoms with Gasteiger partial charge in [0.15, 0.2) is 0 Å². The van der Waals surface area contributed by atoms with Gasteiger partial charge in [0.2, 0.25) is 0 Å². The van der Waals surface area contributed by atoms with Gasteiger partial charge in [-0.05, 0) is 0 Å². The molecule has 5 heteroatoms. The fraction of sp³-hybridized carbons (Fsp3) is 0.833. The lowest BCUT2D eigenvalue weighted by molar-refractivity contribution is -0.137. The minimum atomic E-state index is -0.640. The number of amides is 1. The van der Waals surface area contributed by atoms with Gasteiger partial charge in [-0.1, -0.05) is 0 Å². The van der Waals surface area contributed by atoms with E-state index in [0.29, 0.717) is 19.8 Å². The Morgan fingerprint density at radius 3 is 2.55 bits per heavy atom. The molecule has 0 aliphatic carbocycles. The minimum absolute atomic E-state index is 0.118. The molecule has 0 aromatic rings. The summed E-state index contributed by atoms with van der Waals surface area (Å²) in [5.41, 5.74) is 5.10. The average molecular weight is 158 g/mol. The first kappa shape index (κ1) is 8.29. The van der Waals surface area contributed by atoms with Crippen LogP contribution in [0.15, 0.2) is 5.18 Å². The molecule has 1 rings (SSSR count). The zero-order valence-corrected chi connectivity index (χ0v) is 6.08. The molecule has 0 aromatic heterocycles. The summed E-state index contributed by atoms with van der Waals surface area (Å²) in [6.07, 6.45) is 0.118. The molecular formula is C6H10N2O3. The topological polar surface area (TPSA) is 81.8 Å². The van der Waals surface area contributed by atoms with Crippen molar-refractivity contribution in [3.63, 3.8) is 0 Å². The second-order valence-electron chi connectivity index (χ2n) is 2.86. The number of carbonyl (C=O) groups is 1. The molecule has 62 valence electrons. The Labute approximate surface area is 63.9 Å². The van der Waals surface area contributed by atoms with Crippen molar-refractivity contribution in [2.45, 2.75) is 6.42 Å². The third kappa shape index (κ3) is 1.61. The SMILES string of the molecule is NCC1(CC(=O)N=O)COC1. The molecule has 1 heterocycles. The molecular weight excluding hydrogens is 148 g/mol. The van der Waals surface area contributed by atoms with Crippen LogP contribution in [0, 0.1) is 10.3 Å². The van der Waals surface area contributed by atoms with E-state index in [1.165, 1.54) is 0 Å². The van der Waals surface area contributed by atoms with Gasteiger partial charge in [0.05, 0.1) is 13.2 Å². The largest absolute Gasteiger partial charge is 0.380 e. The van der Waals surface area contributed by atoms with Crippen molar-refractivity contribution in [3.05, 3.63) is 4.91 Å². The Bertz CT molecular complexity index is 171. The summed E-state index contributed by atoms with van der Waals surface area (Å²) in [6.45, 7) is 1.30. The van der Waals surface area contributed by atoms with Gasteiger partial charge in [-0.2, -0.15) is 0 Å². The second-order valence-corrected chi connectivity index (χ2v) is 2.86. The Morgan fingerprint density at radius 1 is 1.64 bits per heavy atom. The molecule has 0 bridgehead atoms. The van der Waals surface area contributed by atoms with Gasteiger partial charge >= 0.3 is 0 Å². The first-order valence-corrected chi connectivity index (χ1v) is 3.36. The van der Waals surface area contributed by atoms with Crippen molar-refractivity contribution in [1.82, 2.24) is 0 Å². The highest BCUT2D eigenvalue weighted by Gasteiger charge is 2.39. The maximum atomic E-state index is 10.6.